The molecular weight excluding hydrogens is 256 g/mol. The monoisotopic (exact) mass is 270 g/mol. The van der Waals surface area contributed by atoms with Gasteiger partial charge in [0.05, 0.1) is 4.92 Å². The Bertz CT molecular complexity index is 636. The van der Waals surface area contributed by atoms with Crippen LogP contribution < -0.4 is 5.32 Å². The number of nitro groups is 1. The van der Waals surface area contributed by atoms with Gasteiger partial charge >= 0.3 is 0 Å². The molecule has 20 heavy (non-hydrogen) atoms. The van der Waals surface area contributed by atoms with Crippen molar-refractivity contribution in [3.63, 3.8) is 0 Å². The topological polar surface area (TPSA) is 72.2 Å². The molecule has 5 heteroatoms. The van der Waals surface area contributed by atoms with Crippen LogP contribution in [0, 0.1) is 10.1 Å². The van der Waals surface area contributed by atoms with E-state index in [4.69, 9.17) is 0 Å². The highest BCUT2D eigenvalue weighted by Crippen LogP contribution is 2.17. The third-order valence-corrected chi connectivity index (χ3v) is 2.80. The molecule has 2 rings (SSSR count). The summed E-state index contributed by atoms with van der Waals surface area (Å²) in [6, 6.07) is 14.0. The first-order valence-electron chi connectivity index (χ1n) is 6.14. The maximum Gasteiger partial charge on any atom is 0.269 e. The third kappa shape index (κ3) is 3.65. The summed E-state index contributed by atoms with van der Waals surface area (Å²) >= 11 is 0. The number of hydrogen-bond donors (Lipinski definition) is 1. The summed E-state index contributed by atoms with van der Waals surface area (Å²) in [5, 5.41) is 13.3. The van der Waals surface area contributed by atoms with E-state index in [1.807, 2.05) is 24.3 Å². The molecule has 2 aromatic carbocycles. The molecule has 102 valence electrons. The van der Waals surface area contributed by atoms with Gasteiger partial charge in [-0.05, 0) is 29.7 Å². The van der Waals surface area contributed by atoms with E-state index in [0.717, 1.165) is 16.8 Å². The summed E-state index contributed by atoms with van der Waals surface area (Å²) in [5.74, 6) is -0.113. The van der Waals surface area contributed by atoms with Gasteiger partial charge < -0.3 is 5.32 Å². The van der Waals surface area contributed by atoms with Gasteiger partial charge in [-0.3, -0.25) is 14.9 Å². The standard InChI is InChI=1S/C15H14N2O3/c1-11(18)16-14-4-2-3-13(10-14)9-12-5-7-15(8-6-12)17(19)20/h2-8,10H,9H2,1H3,(H,16,18). The van der Waals surface area contributed by atoms with Gasteiger partial charge in [0.15, 0.2) is 0 Å². The largest absolute Gasteiger partial charge is 0.326 e. The Morgan fingerprint density at radius 1 is 1.15 bits per heavy atom. The molecule has 0 bridgehead atoms. The van der Waals surface area contributed by atoms with E-state index < -0.39 is 4.92 Å². The Balaban J connectivity index is 2.13. The van der Waals surface area contributed by atoms with Crippen LogP contribution in [0.3, 0.4) is 0 Å². The average Bonchev–Trinajstić information content (AvgIpc) is 2.39. The fourth-order valence-electron chi connectivity index (χ4n) is 1.93. The number of benzene rings is 2. The van der Waals surface area contributed by atoms with Gasteiger partial charge in [-0.2, -0.15) is 0 Å². The summed E-state index contributed by atoms with van der Waals surface area (Å²) in [6.07, 6.45) is 0.658. The van der Waals surface area contributed by atoms with Crippen molar-refractivity contribution in [1.29, 1.82) is 0 Å². The molecule has 5 nitrogen and oxygen atoms in total. The van der Waals surface area contributed by atoms with Crippen LogP contribution in [-0.4, -0.2) is 10.8 Å². The molecule has 0 aromatic heterocycles. The smallest absolute Gasteiger partial charge is 0.269 e. The van der Waals surface area contributed by atoms with Crippen LogP contribution in [0.5, 0.6) is 0 Å². The lowest BCUT2D eigenvalue weighted by molar-refractivity contribution is -0.384. The molecule has 0 atom stereocenters. The molecule has 0 heterocycles. The predicted octanol–water partition coefficient (Wildman–Crippen LogP) is 3.14. The van der Waals surface area contributed by atoms with Crippen molar-refractivity contribution in [3.8, 4) is 0 Å². The molecule has 0 aliphatic heterocycles. The van der Waals surface area contributed by atoms with Crippen LogP contribution in [0.2, 0.25) is 0 Å². The minimum atomic E-state index is -0.415. The minimum absolute atomic E-state index is 0.0840. The Labute approximate surface area is 116 Å². The number of carbonyl (C=O) groups is 1. The van der Waals surface area contributed by atoms with Crippen molar-refractivity contribution in [2.75, 3.05) is 5.32 Å². The summed E-state index contributed by atoms with van der Waals surface area (Å²) in [7, 11) is 0. The molecule has 2 aromatic rings. The summed E-state index contributed by atoms with van der Waals surface area (Å²) in [6.45, 7) is 1.46. The number of carbonyl (C=O) groups excluding carboxylic acids is 1. The van der Waals surface area contributed by atoms with Crippen LogP contribution in [0.4, 0.5) is 11.4 Å². The zero-order chi connectivity index (χ0) is 14.5. The number of nitrogens with zero attached hydrogens (tertiary/aromatic N) is 1. The van der Waals surface area contributed by atoms with Gasteiger partial charge in [0, 0.05) is 24.7 Å². The molecule has 1 amide bonds. The van der Waals surface area contributed by atoms with E-state index in [2.05, 4.69) is 5.32 Å². The number of hydrogen-bond acceptors (Lipinski definition) is 3. The molecule has 0 fully saturated rings. The van der Waals surface area contributed by atoms with Gasteiger partial charge in [-0.25, -0.2) is 0 Å². The molecule has 0 saturated carbocycles. The number of nitrogens with one attached hydrogen (secondary N) is 1. The van der Waals surface area contributed by atoms with E-state index >= 15 is 0 Å². The SMILES string of the molecule is CC(=O)Nc1cccc(Cc2ccc([N+](=O)[O-])cc2)c1. The lowest BCUT2D eigenvalue weighted by atomic mass is 10.0. The molecule has 1 N–H and O–H groups in total. The zero-order valence-corrected chi connectivity index (χ0v) is 11.0. The Morgan fingerprint density at radius 2 is 1.85 bits per heavy atom. The Hall–Kier alpha value is -2.69. The number of non-ortho nitro benzene ring substituents is 1. The van der Waals surface area contributed by atoms with Crippen molar-refractivity contribution < 1.29 is 9.72 Å². The molecule has 0 unspecified atom stereocenters. The highest BCUT2D eigenvalue weighted by molar-refractivity contribution is 5.88. The first-order valence-corrected chi connectivity index (χ1v) is 6.14. The zero-order valence-electron chi connectivity index (χ0n) is 11.0. The van der Waals surface area contributed by atoms with Gasteiger partial charge in [0.2, 0.25) is 5.91 Å². The third-order valence-electron chi connectivity index (χ3n) is 2.80. The maximum atomic E-state index is 11.0. The minimum Gasteiger partial charge on any atom is -0.326 e. The normalized spacial score (nSPS) is 10.1. The average molecular weight is 270 g/mol. The first-order chi connectivity index (χ1) is 9.54. The van der Waals surface area contributed by atoms with E-state index in [1.54, 1.807) is 12.1 Å². The van der Waals surface area contributed by atoms with Crippen LogP contribution >= 0.6 is 0 Å². The lowest BCUT2D eigenvalue weighted by Gasteiger charge is -2.06. The quantitative estimate of drug-likeness (QED) is 0.685. The first kappa shape index (κ1) is 13.7. The Kier molecular flexibility index (Phi) is 4.10. The van der Waals surface area contributed by atoms with Crippen LogP contribution in [-0.2, 0) is 11.2 Å². The van der Waals surface area contributed by atoms with Gasteiger partial charge in [-0.1, -0.05) is 24.3 Å². The van der Waals surface area contributed by atoms with Crippen molar-refractivity contribution in [2.45, 2.75) is 13.3 Å². The lowest BCUT2D eigenvalue weighted by Crippen LogP contribution is -2.05. The second-order valence-corrected chi connectivity index (χ2v) is 4.48. The van der Waals surface area contributed by atoms with Crippen molar-refractivity contribution in [1.82, 2.24) is 0 Å². The summed E-state index contributed by atoms with van der Waals surface area (Å²) in [5.41, 5.74) is 2.85. The van der Waals surface area contributed by atoms with Crippen LogP contribution in [0.15, 0.2) is 48.5 Å². The van der Waals surface area contributed by atoms with Gasteiger partial charge in [0.25, 0.3) is 5.69 Å². The number of anilines is 1. The van der Waals surface area contributed by atoms with Crippen molar-refractivity contribution in [2.24, 2.45) is 0 Å². The second-order valence-electron chi connectivity index (χ2n) is 4.48. The van der Waals surface area contributed by atoms with Crippen LogP contribution in [0.1, 0.15) is 18.1 Å². The number of amides is 1. The van der Waals surface area contributed by atoms with Gasteiger partial charge in [-0.15, -0.1) is 0 Å². The Morgan fingerprint density at radius 3 is 2.45 bits per heavy atom. The van der Waals surface area contributed by atoms with E-state index in [1.165, 1.54) is 19.1 Å². The highest BCUT2D eigenvalue weighted by Gasteiger charge is 2.05. The molecular formula is C15H14N2O3. The maximum absolute atomic E-state index is 11.0. The molecule has 0 saturated heterocycles. The molecule has 0 spiro atoms. The fourth-order valence-corrected chi connectivity index (χ4v) is 1.93. The molecule has 0 aliphatic rings. The van der Waals surface area contributed by atoms with Gasteiger partial charge in [0.1, 0.15) is 0 Å². The number of nitro benzene ring substituents is 1. The molecule has 0 radical (unpaired) electrons. The van der Waals surface area contributed by atoms with Crippen molar-refractivity contribution >= 4 is 17.3 Å². The summed E-state index contributed by atoms with van der Waals surface area (Å²) < 4.78 is 0. The predicted molar refractivity (Wildman–Crippen MR) is 76.6 cm³/mol. The van der Waals surface area contributed by atoms with E-state index in [0.29, 0.717) is 6.42 Å². The number of rotatable bonds is 4. The van der Waals surface area contributed by atoms with E-state index in [9.17, 15) is 14.9 Å². The second kappa shape index (κ2) is 5.97. The highest BCUT2D eigenvalue weighted by atomic mass is 16.6. The molecule has 0 aliphatic carbocycles. The van der Waals surface area contributed by atoms with Crippen molar-refractivity contribution in [3.05, 3.63) is 69.8 Å². The fraction of sp³-hybridized carbons (Fsp3) is 0.133. The van der Waals surface area contributed by atoms with E-state index in [-0.39, 0.29) is 11.6 Å². The summed E-state index contributed by atoms with van der Waals surface area (Å²) in [4.78, 5) is 21.2. The van der Waals surface area contributed by atoms with Crippen LogP contribution in [0.25, 0.3) is 0 Å².